The number of carbonyl (C=O) groups excluding carboxylic acids is 1. The first-order valence-electron chi connectivity index (χ1n) is 2.02. The molecule has 0 aromatic heterocycles. The molecule has 0 aromatic carbocycles. The summed E-state index contributed by atoms with van der Waals surface area (Å²) >= 11 is 0. The molecule has 0 aliphatic heterocycles. The van der Waals surface area contributed by atoms with Crippen molar-refractivity contribution in [3.05, 3.63) is 0 Å². The van der Waals surface area contributed by atoms with E-state index in [9.17, 15) is 9.18 Å². The van der Waals surface area contributed by atoms with Crippen LogP contribution in [0.15, 0.2) is 0 Å². The molecule has 0 fully saturated rings. The first-order valence-corrected chi connectivity index (χ1v) is 2.02. The fourth-order valence-electron chi connectivity index (χ4n) is 0.199. The fourth-order valence-corrected chi connectivity index (χ4v) is 0.199. The zero-order valence-electron chi connectivity index (χ0n) is 4.06. The van der Waals surface area contributed by atoms with E-state index in [-0.39, 0.29) is 12.9 Å². The Labute approximate surface area is 41.3 Å². The highest BCUT2D eigenvalue weighted by atomic mass is 19.1. The summed E-state index contributed by atoms with van der Waals surface area (Å²) in [7, 11) is 0. The van der Waals surface area contributed by atoms with Gasteiger partial charge in [0.2, 0.25) is 0 Å². The smallest absolute Gasteiger partial charge is 0.255 e. The summed E-state index contributed by atoms with van der Waals surface area (Å²) in [5.74, 6) is 0. The van der Waals surface area contributed by atoms with Crippen molar-refractivity contribution in [2.24, 2.45) is 0 Å². The van der Waals surface area contributed by atoms with Crippen LogP contribution in [0.3, 0.4) is 0 Å². The van der Waals surface area contributed by atoms with Gasteiger partial charge in [0.1, 0.15) is 0 Å². The topological polar surface area (TPSA) is 26.3 Å². The van der Waals surface area contributed by atoms with E-state index >= 15 is 0 Å². The molecule has 0 aromatic rings. The Morgan fingerprint density at radius 2 is 2.57 bits per heavy atom. The third-order valence-electron chi connectivity index (χ3n) is 0.433. The van der Waals surface area contributed by atoms with Crippen LogP contribution < -0.4 is 0 Å². The molecule has 2 nitrogen and oxygen atoms in total. The molecule has 1 atom stereocenters. The molecule has 1 unspecified atom stereocenters. The lowest BCUT2D eigenvalue weighted by Crippen LogP contribution is -2.05. The maximum Gasteiger partial charge on any atom is 0.255 e. The second kappa shape index (κ2) is 3.74. The third-order valence-corrected chi connectivity index (χ3v) is 0.433. The molecular formula is C4H7FO2. The first-order chi connectivity index (χ1) is 3.31. The van der Waals surface area contributed by atoms with Crippen molar-refractivity contribution in [2.75, 3.05) is 6.61 Å². The van der Waals surface area contributed by atoms with Crippen LogP contribution in [-0.4, -0.2) is 19.3 Å². The van der Waals surface area contributed by atoms with E-state index in [1.807, 2.05) is 0 Å². The third kappa shape index (κ3) is 3.39. The van der Waals surface area contributed by atoms with Crippen LogP contribution in [0.5, 0.6) is 0 Å². The van der Waals surface area contributed by atoms with Crippen molar-refractivity contribution in [2.45, 2.75) is 13.3 Å². The highest BCUT2D eigenvalue weighted by Crippen LogP contribution is 1.85. The number of rotatable bonds is 3. The Kier molecular flexibility index (Phi) is 3.50. The van der Waals surface area contributed by atoms with Crippen LogP contribution in [0.2, 0.25) is 0 Å². The van der Waals surface area contributed by atoms with E-state index in [0.29, 0.717) is 0 Å². The lowest BCUT2D eigenvalue weighted by molar-refractivity contribution is -0.128. The maximum atomic E-state index is 11.5. The first kappa shape index (κ1) is 6.56. The van der Waals surface area contributed by atoms with Gasteiger partial charge in [-0.1, -0.05) is 0 Å². The van der Waals surface area contributed by atoms with Gasteiger partial charge >= 0.3 is 0 Å². The van der Waals surface area contributed by atoms with Gasteiger partial charge < -0.3 is 4.74 Å². The molecule has 0 bridgehead atoms. The Hall–Kier alpha value is -0.440. The monoisotopic (exact) mass is 106 g/mol. The summed E-state index contributed by atoms with van der Waals surface area (Å²) in [6.07, 6.45) is -1.62. The van der Waals surface area contributed by atoms with Crippen LogP contribution in [0.1, 0.15) is 6.92 Å². The van der Waals surface area contributed by atoms with Gasteiger partial charge in [-0.3, -0.25) is 4.79 Å². The van der Waals surface area contributed by atoms with E-state index in [1.54, 1.807) is 6.92 Å². The van der Waals surface area contributed by atoms with E-state index in [2.05, 4.69) is 4.74 Å². The predicted molar refractivity (Wildman–Crippen MR) is 22.6 cm³/mol. The Balaban J connectivity index is 2.98. The molecule has 42 valence electrons. The van der Waals surface area contributed by atoms with Crippen LogP contribution in [-0.2, 0) is 9.53 Å². The molecule has 0 heterocycles. The minimum absolute atomic E-state index is 0.115. The molecule has 0 spiro atoms. The van der Waals surface area contributed by atoms with Gasteiger partial charge in [0.25, 0.3) is 6.36 Å². The Morgan fingerprint density at radius 1 is 2.00 bits per heavy atom. The zero-order chi connectivity index (χ0) is 5.70. The molecule has 0 rings (SSSR count). The molecule has 0 amide bonds. The van der Waals surface area contributed by atoms with Gasteiger partial charge in [-0.25, -0.2) is 4.39 Å². The van der Waals surface area contributed by atoms with Crippen molar-refractivity contribution in [3.63, 3.8) is 0 Å². The minimum atomic E-state index is -1.73. The predicted octanol–water partition coefficient (Wildman–Crippen LogP) is 0.517. The average molecular weight is 106 g/mol. The maximum absolute atomic E-state index is 11.5. The number of hydrogen-bond acceptors (Lipinski definition) is 2. The summed E-state index contributed by atoms with van der Waals surface area (Å²) in [5.41, 5.74) is 0. The minimum Gasteiger partial charge on any atom is -0.343 e. The van der Waals surface area contributed by atoms with Crippen molar-refractivity contribution >= 4 is 6.29 Å². The highest BCUT2D eigenvalue weighted by molar-refractivity contribution is 5.53. The fraction of sp³-hybridized carbons (Fsp3) is 0.750. The van der Waals surface area contributed by atoms with Gasteiger partial charge in [-0.2, -0.15) is 0 Å². The Morgan fingerprint density at radius 3 is 2.71 bits per heavy atom. The molecule has 0 radical (unpaired) electrons. The standard InChI is InChI=1S/C4H7FO2/c1-2-7-4(5)3-6/h3-4H,2H2,1H3. The van der Waals surface area contributed by atoms with Gasteiger partial charge in [-0.15, -0.1) is 0 Å². The SMILES string of the molecule is CCOC(F)C=O. The van der Waals surface area contributed by atoms with Gasteiger partial charge in [0.05, 0.1) is 0 Å². The zero-order valence-corrected chi connectivity index (χ0v) is 4.06. The van der Waals surface area contributed by atoms with Gasteiger partial charge in [0.15, 0.2) is 6.29 Å². The largest absolute Gasteiger partial charge is 0.343 e. The molecule has 7 heavy (non-hydrogen) atoms. The number of aldehydes is 1. The highest BCUT2D eigenvalue weighted by Gasteiger charge is 1.97. The van der Waals surface area contributed by atoms with Gasteiger partial charge in [0, 0.05) is 6.61 Å². The lowest BCUT2D eigenvalue weighted by Gasteiger charge is -1.95. The number of ether oxygens (including phenoxy) is 1. The van der Waals surface area contributed by atoms with E-state index in [0.717, 1.165) is 0 Å². The molecular weight excluding hydrogens is 99.0 g/mol. The summed E-state index contributed by atoms with van der Waals surface area (Å²) in [5, 5.41) is 0. The summed E-state index contributed by atoms with van der Waals surface area (Å²) in [4.78, 5) is 9.39. The van der Waals surface area contributed by atoms with Crippen LogP contribution in [0.25, 0.3) is 0 Å². The van der Waals surface area contributed by atoms with Crippen LogP contribution >= 0.6 is 0 Å². The van der Waals surface area contributed by atoms with Crippen molar-refractivity contribution in [1.82, 2.24) is 0 Å². The molecule has 3 heteroatoms. The van der Waals surface area contributed by atoms with Crippen LogP contribution in [0, 0.1) is 0 Å². The molecule has 0 aliphatic carbocycles. The van der Waals surface area contributed by atoms with Crippen LogP contribution in [0.4, 0.5) is 4.39 Å². The summed E-state index contributed by atoms with van der Waals surface area (Å²) in [6.45, 7) is 1.86. The second-order valence-corrected chi connectivity index (χ2v) is 0.943. The second-order valence-electron chi connectivity index (χ2n) is 0.943. The normalized spacial score (nSPS) is 13.4. The van der Waals surface area contributed by atoms with Crippen molar-refractivity contribution in [1.29, 1.82) is 0 Å². The lowest BCUT2D eigenvalue weighted by atomic mass is 10.7. The average Bonchev–Trinajstić information content (AvgIpc) is 1.68. The Bertz CT molecular complexity index is 55.7. The number of hydrogen-bond donors (Lipinski definition) is 0. The van der Waals surface area contributed by atoms with E-state index in [1.165, 1.54) is 0 Å². The number of carbonyl (C=O) groups is 1. The molecule has 0 saturated heterocycles. The summed E-state index contributed by atoms with van der Waals surface area (Å²) < 4.78 is 15.7. The molecule has 0 N–H and O–H groups in total. The van der Waals surface area contributed by atoms with Crippen molar-refractivity contribution in [3.8, 4) is 0 Å². The van der Waals surface area contributed by atoms with E-state index in [4.69, 9.17) is 0 Å². The summed E-state index contributed by atoms with van der Waals surface area (Å²) in [6, 6.07) is 0. The van der Waals surface area contributed by atoms with Crippen molar-refractivity contribution < 1.29 is 13.9 Å². The van der Waals surface area contributed by atoms with E-state index < -0.39 is 6.36 Å². The quantitative estimate of drug-likeness (QED) is 0.490. The van der Waals surface area contributed by atoms with Gasteiger partial charge in [-0.05, 0) is 6.92 Å². The molecule has 0 aliphatic rings. The number of alkyl halides is 1. The molecule has 0 saturated carbocycles. The number of halogens is 1.